The number of rotatable bonds is 3. The fourth-order valence-corrected chi connectivity index (χ4v) is 2.78. The molecule has 1 aliphatic carbocycles. The zero-order valence-corrected chi connectivity index (χ0v) is 11.7. The summed E-state index contributed by atoms with van der Waals surface area (Å²) in [6.07, 6.45) is 2.33. The third-order valence-electron chi connectivity index (χ3n) is 3.42. The highest BCUT2D eigenvalue weighted by molar-refractivity contribution is 9.10. The van der Waals surface area contributed by atoms with Gasteiger partial charge in [0.25, 0.3) is 5.91 Å². The van der Waals surface area contributed by atoms with E-state index in [2.05, 4.69) is 21.2 Å². The second-order valence-electron chi connectivity index (χ2n) is 4.65. The Morgan fingerprint density at radius 2 is 1.95 bits per heavy atom. The minimum Gasteiger partial charge on any atom is -0.480 e. The summed E-state index contributed by atoms with van der Waals surface area (Å²) in [6, 6.07) is 4.09. The van der Waals surface area contributed by atoms with Crippen LogP contribution in [0.25, 0.3) is 0 Å². The van der Waals surface area contributed by atoms with Gasteiger partial charge in [-0.25, -0.2) is 9.18 Å². The van der Waals surface area contributed by atoms with Crippen molar-refractivity contribution in [1.82, 2.24) is 5.32 Å². The Balaban J connectivity index is 2.25. The second-order valence-corrected chi connectivity index (χ2v) is 5.44. The zero-order valence-electron chi connectivity index (χ0n) is 10.1. The van der Waals surface area contributed by atoms with Crippen LogP contribution >= 0.6 is 15.9 Å². The van der Waals surface area contributed by atoms with Crippen molar-refractivity contribution >= 4 is 27.8 Å². The highest BCUT2D eigenvalue weighted by Crippen LogP contribution is 2.31. The maximum atomic E-state index is 13.4. The van der Waals surface area contributed by atoms with Crippen LogP contribution < -0.4 is 5.32 Å². The van der Waals surface area contributed by atoms with Gasteiger partial charge < -0.3 is 10.4 Å². The molecule has 1 amide bonds. The van der Waals surface area contributed by atoms with Crippen molar-refractivity contribution in [2.75, 3.05) is 0 Å². The molecular weight excluding hydrogens is 317 g/mol. The van der Waals surface area contributed by atoms with Crippen LogP contribution in [0.2, 0.25) is 0 Å². The van der Waals surface area contributed by atoms with E-state index in [1.54, 1.807) is 0 Å². The van der Waals surface area contributed by atoms with E-state index in [1.165, 1.54) is 18.2 Å². The van der Waals surface area contributed by atoms with E-state index in [1.807, 2.05) is 0 Å². The number of benzene rings is 1. The number of aliphatic carboxylic acids is 1. The van der Waals surface area contributed by atoms with Crippen molar-refractivity contribution < 1.29 is 19.1 Å². The SMILES string of the molecule is O=C(NC1(C(=O)O)CCCC1)c1cccc(F)c1Br. The zero-order chi connectivity index (χ0) is 14.0. The molecule has 102 valence electrons. The van der Waals surface area contributed by atoms with Crippen LogP contribution in [0, 0.1) is 5.82 Å². The lowest BCUT2D eigenvalue weighted by Crippen LogP contribution is -2.52. The highest BCUT2D eigenvalue weighted by atomic mass is 79.9. The Hall–Kier alpha value is -1.43. The molecule has 4 nitrogen and oxygen atoms in total. The maximum absolute atomic E-state index is 13.4. The van der Waals surface area contributed by atoms with E-state index in [9.17, 15) is 19.1 Å². The Morgan fingerprint density at radius 3 is 2.53 bits per heavy atom. The molecule has 1 saturated carbocycles. The Bertz CT molecular complexity index is 527. The number of carboxylic acid groups (broad SMARTS) is 1. The first-order valence-electron chi connectivity index (χ1n) is 5.96. The summed E-state index contributed by atoms with van der Waals surface area (Å²) in [5.74, 6) is -2.16. The molecule has 0 aromatic heterocycles. The summed E-state index contributed by atoms with van der Waals surface area (Å²) in [5, 5.41) is 11.8. The van der Waals surface area contributed by atoms with Crippen LogP contribution in [0.1, 0.15) is 36.0 Å². The third-order valence-corrected chi connectivity index (χ3v) is 4.22. The largest absolute Gasteiger partial charge is 0.480 e. The molecule has 0 unspecified atom stereocenters. The first kappa shape index (κ1) is 14.0. The van der Waals surface area contributed by atoms with Gasteiger partial charge >= 0.3 is 5.97 Å². The Morgan fingerprint density at radius 1 is 1.32 bits per heavy atom. The van der Waals surface area contributed by atoms with Gasteiger partial charge in [0.2, 0.25) is 0 Å². The first-order chi connectivity index (χ1) is 8.96. The summed E-state index contributed by atoms with van der Waals surface area (Å²) in [5.41, 5.74) is -1.12. The van der Waals surface area contributed by atoms with Gasteiger partial charge in [-0.15, -0.1) is 0 Å². The van der Waals surface area contributed by atoms with Crippen LogP contribution in [-0.2, 0) is 4.79 Å². The third kappa shape index (κ3) is 2.63. The van der Waals surface area contributed by atoms with Crippen LogP contribution in [0.5, 0.6) is 0 Å². The smallest absolute Gasteiger partial charge is 0.329 e. The predicted octanol–water partition coefficient (Wildman–Crippen LogP) is 2.72. The van der Waals surface area contributed by atoms with Crippen LogP contribution in [0.4, 0.5) is 4.39 Å². The topological polar surface area (TPSA) is 66.4 Å². The molecule has 0 radical (unpaired) electrons. The fraction of sp³-hybridized carbons (Fsp3) is 0.385. The van der Waals surface area contributed by atoms with E-state index in [0.29, 0.717) is 12.8 Å². The van der Waals surface area contributed by atoms with Crippen molar-refractivity contribution in [2.45, 2.75) is 31.2 Å². The number of halogens is 2. The summed E-state index contributed by atoms with van der Waals surface area (Å²) in [4.78, 5) is 23.5. The molecule has 6 heteroatoms. The molecule has 1 aromatic rings. The van der Waals surface area contributed by atoms with Crippen LogP contribution in [0.3, 0.4) is 0 Å². The van der Waals surface area contributed by atoms with Gasteiger partial charge in [-0.2, -0.15) is 0 Å². The van der Waals surface area contributed by atoms with Crippen molar-refractivity contribution in [3.63, 3.8) is 0 Å². The highest BCUT2D eigenvalue weighted by Gasteiger charge is 2.42. The monoisotopic (exact) mass is 329 g/mol. The van der Waals surface area contributed by atoms with Gasteiger partial charge in [0.1, 0.15) is 11.4 Å². The predicted molar refractivity (Wildman–Crippen MR) is 70.4 cm³/mol. The molecule has 2 N–H and O–H groups in total. The van der Waals surface area contributed by atoms with Crippen molar-refractivity contribution in [1.29, 1.82) is 0 Å². The second kappa shape index (κ2) is 5.28. The molecule has 1 fully saturated rings. The van der Waals surface area contributed by atoms with Crippen molar-refractivity contribution in [3.8, 4) is 0 Å². The summed E-state index contributed by atoms with van der Waals surface area (Å²) in [6.45, 7) is 0. The van der Waals surface area contributed by atoms with E-state index >= 15 is 0 Å². The normalized spacial score (nSPS) is 17.2. The quantitative estimate of drug-likeness (QED) is 0.896. The lowest BCUT2D eigenvalue weighted by molar-refractivity contribution is -0.144. The van der Waals surface area contributed by atoms with Gasteiger partial charge in [-0.05, 0) is 40.9 Å². The summed E-state index contributed by atoms with van der Waals surface area (Å²) >= 11 is 3.00. The van der Waals surface area contributed by atoms with Crippen LogP contribution in [-0.4, -0.2) is 22.5 Å². The number of carbonyl (C=O) groups is 2. The molecule has 1 aliphatic rings. The Kier molecular flexibility index (Phi) is 3.89. The van der Waals surface area contributed by atoms with E-state index in [-0.39, 0.29) is 10.0 Å². The molecule has 1 aromatic carbocycles. The number of carbonyl (C=O) groups excluding carboxylic acids is 1. The number of amides is 1. The van der Waals surface area contributed by atoms with E-state index in [0.717, 1.165) is 12.8 Å². The summed E-state index contributed by atoms with van der Waals surface area (Å²) < 4.78 is 13.4. The Labute approximate surface area is 118 Å². The molecule has 2 rings (SSSR count). The maximum Gasteiger partial charge on any atom is 0.329 e. The number of carboxylic acids is 1. The minimum atomic E-state index is -1.22. The lowest BCUT2D eigenvalue weighted by Gasteiger charge is -2.25. The molecular formula is C13H13BrFNO3. The fourth-order valence-electron chi connectivity index (χ4n) is 2.33. The van der Waals surface area contributed by atoms with E-state index in [4.69, 9.17) is 0 Å². The minimum absolute atomic E-state index is 0.0473. The molecule has 0 aliphatic heterocycles. The standard InChI is InChI=1S/C13H13BrFNO3/c14-10-8(4-3-5-9(10)15)11(17)16-13(12(18)19)6-1-2-7-13/h3-5H,1-2,6-7H2,(H,16,17)(H,18,19). The van der Waals surface area contributed by atoms with Gasteiger partial charge in [0.15, 0.2) is 0 Å². The average Bonchev–Trinajstić information content (AvgIpc) is 2.82. The average molecular weight is 330 g/mol. The number of nitrogens with one attached hydrogen (secondary N) is 1. The van der Waals surface area contributed by atoms with E-state index < -0.39 is 23.2 Å². The molecule has 19 heavy (non-hydrogen) atoms. The molecule has 0 spiro atoms. The molecule has 0 atom stereocenters. The summed E-state index contributed by atoms with van der Waals surface area (Å²) in [7, 11) is 0. The first-order valence-corrected chi connectivity index (χ1v) is 6.75. The number of hydrogen-bond acceptors (Lipinski definition) is 2. The van der Waals surface area contributed by atoms with Gasteiger partial charge in [-0.3, -0.25) is 4.79 Å². The van der Waals surface area contributed by atoms with Gasteiger partial charge in [0, 0.05) is 0 Å². The molecule has 0 heterocycles. The van der Waals surface area contributed by atoms with Gasteiger partial charge in [-0.1, -0.05) is 18.9 Å². The van der Waals surface area contributed by atoms with Crippen molar-refractivity contribution in [2.24, 2.45) is 0 Å². The lowest BCUT2D eigenvalue weighted by atomic mass is 9.97. The number of hydrogen-bond donors (Lipinski definition) is 2. The van der Waals surface area contributed by atoms with Crippen LogP contribution in [0.15, 0.2) is 22.7 Å². The van der Waals surface area contributed by atoms with Crippen molar-refractivity contribution in [3.05, 3.63) is 34.1 Å². The van der Waals surface area contributed by atoms with Gasteiger partial charge in [0.05, 0.1) is 10.0 Å². The molecule has 0 saturated heterocycles. The molecule has 0 bridgehead atoms.